The second-order valence-electron chi connectivity index (χ2n) is 6.55. The molecule has 0 aliphatic carbocycles. The molecule has 1 N–H and O–H groups in total. The number of hydrogen-bond acceptors (Lipinski definition) is 2. The first-order chi connectivity index (χ1) is 8.12. The first-order valence-corrected chi connectivity index (χ1v) is 7.36. The Morgan fingerprint density at radius 1 is 1.17 bits per heavy atom. The normalized spacial score (nSPS) is 16.3. The van der Waals surface area contributed by atoms with Gasteiger partial charge in [-0.25, -0.2) is 8.93 Å². The van der Waals surface area contributed by atoms with E-state index in [0.717, 1.165) is 5.69 Å². The predicted molar refractivity (Wildman–Crippen MR) is 77.5 cm³/mol. The van der Waals surface area contributed by atoms with Gasteiger partial charge in [-0.2, -0.15) is 0 Å². The van der Waals surface area contributed by atoms with Gasteiger partial charge in [0.2, 0.25) is 0 Å². The Morgan fingerprint density at radius 2 is 1.78 bits per heavy atom. The molecule has 1 unspecified atom stereocenters. The summed E-state index contributed by atoms with van der Waals surface area (Å²) in [4.78, 5) is 4.38. The Bertz CT molecular complexity index is 404. The van der Waals surface area contributed by atoms with Crippen molar-refractivity contribution in [2.24, 2.45) is 5.41 Å². The van der Waals surface area contributed by atoms with E-state index in [9.17, 15) is 4.21 Å². The zero-order valence-electron chi connectivity index (χ0n) is 12.2. The van der Waals surface area contributed by atoms with Crippen LogP contribution in [0.3, 0.4) is 0 Å². The number of rotatable bonds is 3. The van der Waals surface area contributed by atoms with Crippen LogP contribution in [0, 0.1) is 5.41 Å². The van der Waals surface area contributed by atoms with Crippen LogP contribution in [0.4, 0.5) is 0 Å². The molecule has 0 bridgehead atoms. The van der Waals surface area contributed by atoms with Gasteiger partial charge in [0.25, 0.3) is 0 Å². The lowest BCUT2D eigenvalue weighted by Crippen LogP contribution is -2.40. The monoisotopic (exact) mass is 268 g/mol. The van der Waals surface area contributed by atoms with Crippen LogP contribution >= 0.6 is 0 Å². The summed E-state index contributed by atoms with van der Waals surface area (Å²) in [5, 5.41) is 0. The molecule has 0 aromatic carbocycles. The van der Waals surface area contributed by atoms with Crippen molar-refractivity contribution >= 4 is 11.0 Å². The number of hydrogen-bond donors (Lipinski definition) is 1. The van der Waals surface area contributed by atoms with E-state index in [1.165, 1.54) is 0 Å². The minimum atomic E-state index is -1.10. The Morgan fingerprint density at radius 3 is 2.17 bits per heavy atom. The lowest BCUT2D eigenvalue weighted by molar-refractivity contribution is 0.301. The third kappa shape index (κ3) is 4.18. The maximum atomic E-state index is 12.3. The lowest BCUT2D eigenvalue weighted by atomic mass is 9.85. The predicted octanol–water partition coefficient (Wildman–Crippen LogP) is 3.22. The Balaban J connectivity index is 2.99. The molecular formula is C14H24N2OS. The van der Waals surface area contributed by atoms with Gasteiger partial charge in [0.15, 0.2) is 0 Å². The maximum Gasteiger partial charge on any atom is 0.0976 e. The molecule has 0 saturated carbocycles. The fourth-order valence-electron chi connectivity index (χ4n) is 1.51. The third-order valence-electron chi connectivity index (χ3n) is 2.63. The van der Waals surface area contributed by atoms with Crippen molar-refractivity contribution in [3.8, 4) is 0 Å². The molecule has 0 spiro atoms. The summed E-state index contributed by atoms with van der Waals surface area (Å²) in [6.07, 6.45) is 1.77. The van der Waals surface area contributed by atoms with E-state index in [-0.39, 0.29) is 16.2 Å². The smallest absolute Gasteiger partial charge is 0.0976 e. The number of pyridine rings is 1. The van der Waals surface area contributed by atoms with Crippen molar-refractivity contribution in [3.05, 3.63) is 30.1 Å². The summed E-state index contributed by atoms with van der Waals surface area (Å²) in [7, 11) is -1.10. The fourth-order valence-corrected chi connectivity index (χ4v) is 2.55. The summed E-state index contributed by atoms with van der Waals surface area (Å²) >= 11 is 0. The van der Waals surface area contributed by atoms with Crippen LogP contribution < -0.4 is 4.72 Å². The van der Waals surface area contributed by atoms with Crippen LogP contribution in [0.2, 0.25) is 0 Å². The van der Waals surface area contributed by atoms with Gasteiger partial charge >= 0.3 is 0 Å². The summed E-state index contributed by atoms with van der Waals surface area (Å²) in [5.74, 6) is 0. The van der Waals surface area contributed by atoms with Crippen LogP contribution in [-0.4, -0.2) is 13.9 Å². The molecule has 2 atom stereocenters. The maximum absolute atomic E-state index is 12.3. The Labute approximate surface area is 113 Å². The van der Waals surface area contributed by atoms with E-state index >= 15 is 0 Å². The van der Waals surface area contributed by atoms with Gasteiger partial charge < -0.3 is 0 Å². The summed E-state index contributed by atoms with van der Waals surface area (Å²) in [6, 6.07) is 5.80. The van der Waals surface area contributed by atoms with Crippen molar-refractivity contribution < 1.29 is 4.21 Å². The van der Waals surface area contributed by atoms with Crippen LogP contribution in [0.1, 0.15) is 53.3 Å². The average Bonchev–Trinajstić information content (AvgIpc) is 2.23. The van der Waals surface area contributed by atoms with Crippen molar-refractivity contribution in [2.45, 2.75) is 52.3 Å². The highest BCUT2D eigenvalue weighted by molar-refractivity contribution is 7.84. The van der Waals surface area contributed by atoms with Crippen LogP contribution in [0.25, 0.3) is 0 Å². The van der Waals surface area contributed by atoms with Gasteiger partial charge in [-0.05, 0) is 38.3 Å². The van der Waals surface area contributed by atoms with Gasteiger partial charge in [-0.3, -0.25) is 4.98 Å². The molecule has 0 aliphatic rings. The number of aromatic nitrogens is 1. The molecule has 1 rings (SSSR count). The molecule has 0 fully saturated rings. The zero-order chi connectivity index (χ0) is 14.0. The molecule has 102 valence electrons. The quantitative estimate of drug-likeness (QED) is 0.914. The average molecular weight is 268 g/mol. The number of nitrogens with zero attached hydrogens (tertiary/aromatic N) is 1. The van der Waals surface area contributed by atoms with E-state index in [4.69, 9.17) is 0 Å². The molecule has 0 aliphatic heterocycles. The summed E-state index contributed by atoms with van der Waals surface area (Å²) in [5.41, 5.74) is 0.887. The summed E-state index contributed by atoms with van der Waals surface area (Å²) in [6.45, 7) is 12.3. The number of nitrogens with one attached hydrogen (secondary N) is 1. The standard InChI is InChI=1S/C14H24N2OS/c1-13(2,3)12(11-9-7-8-10-15-11)16-18(17)14(4,5)6/h7-10,12,16H,1-6H3/t12-,18?/m1/s1. The highest BCUT2D eigenvalue weighted by Gasteiger charge is 2.31. The Kier molecular flexibility index (Phi) is 4.67. The minimum Gasteiger partial charge on any atom is -0.260 e. The molecule has 0 radical (unpaired) electrons. The van der Waals surface area contributed by atoms with Crippen LogP contribution in [0.15, 0.2) is 24.4 Å². The molecule has 0 amide bonds. The molecular weight excluding hydrogens is 244 g/mol. The van der Waals surface area contributed by atoms with Crippen LogP contribution in [0.5, 0.6) is 0 Å². The van der Waals surface area contributed by atoms with Gasteiger partial charge in [0, 0.05) is 6.20 Å². The first kappa shape index (κ1) is 15.3. The molecule has 1 aromatic heterocycles. The third-order valence-corrected chi connectivity index (χ3v) is 4.19. The molecule has 1 aromatic rings. The van der Waals surface area contributed by atoms with Gasteiger partial charge in [0.1, 0.15) is 0 Å². The van der Waals surface area contributed by atoms with Gasteiger partial charge in [-0.1, -0.05) is 26.8 Å². The van der Waals surface area contributed by atoms with Crippen molar-refractivity contribution in [2.75, 3.05) is 0 Å². The fraction of sp³-hybridized carbons (Fsp3) is 0.643. The van der Waals surface area contributed by atoms with E-state index < -0.39 is 11.0 Å². The molecule has 18 heavy (non-hydrogen) atoms. The second-order valence-corrected chi connectivity index (χ2v) is 8.55. The van der Waals surface area contributed by atoms with E-state index in [1.54, 1.807) is 6.20 Å². The topological polar surface area (TPSA) is 42.0 Å². The van der Waals surface area contributed by atoms with Crippen molar-refractivity contribution in [3.63, 3.8) is 0 Å². The second kappa shape index (κ2) is 5.49. The van der Waals surface area contributed by atoms with E-state index in [1.807, 2.05) is 39.0 Å². The van der Waals surface area contributed by atoms with Gasteiger partial charge in [0.05, 0.1) is 27.5 Å². The van der Waals surface area contributed by atoms with E-state index in [2.05, 4.69) is 30.5 Å². The Hall–Kier alpha value is -0.740. The first-order valence-electron chi connectivity index (χ1n) is 6.21. The van der Waals surface area contributed by atoms with Gasteiger partial charge in [-0.15, -0.1) is 0 Å². The minimum absolute atomic E-state index is 0.0289. The van der Waals surface area contributed by atoms with Crippen LogP contribution in [-0.2, 0) is 11.0 Å². The largest absolute Gasteiger partial charge is 0.260 e. The summed E-state index contributed by atoms with van der Waals surface area (Å²) < 4.78 is 15.2. The lowest BCUT2D eigenvalue weighted by Gasteiger charge is -2.33. The molecule has 1 heterocycles. The molecule has 4 heteroatoms. The van der Waals surface area contributed by atoms with E-state index in [0.29, 0.717) is 0 Å². The zero-order valence-corrected chi connectivity index (χ0v) is 13.0. The SMILES string of the molecule is CC(C)(C)[C@H](NS(=O)C(C)(C)C)c1ccccn1. The molecule has 0 saturated heterocycles. The highest BCUT2D eigenvalue weighted by atomic mass is 32.2. The van der Waals surface area contributed by atoms with Crippen molar-refractivity contribution in [1.29, 1.82) is 0 Å². The molecule has 3 nitrogen and oxygen atoms in total. The van der Waals surface area contributed by atoms with Crippen molar-refractivity contribution in [1.82, 2.24) is 9.71 Å². The highest BCUT2D eigenvalue weighted by Crippen LogP contribution is 2.32.